The van der Waals surface area contributed by atoms with Gasteiger partial charge in [-0.15, -0.1) is 0 Å². The van der Waals surface area contributed by atoms with E-state index in [0.29, 0.717) is 10.0 Å². The summed E-state index contributed by atoms with van der Waals surface area (Å²) in [5.74, 6) is -1.20. The SMILES string of the molecule is Fc1cc(Br)cc(F)c1-c1cccnc1. The lowest BCUT2D eigenvalue weighted by Gasteiger charge is -2.04. The molecule has 1 nitrogen and oxygen atoms in total. The van der Waals surface area contributed by atoms with E-state index in [9.17, 15) is 8.78 Å². The molecule has 2 aromatic rings. The second-order valence-electron chi connectivity index (χ2n) is 2.99. The van der Waals surface area contributed by atoms with Crippen molar-refractivity contribution < 1.29 is 8.78 Å². The van der Waals surface area contributed by atoms with E-state index in [4.69, 9.17) is 0 Å². The summed E-state index contributed by atoms with van der Waals surface area (Å²) in [6, 6.07) is 5.70. The minimum absolute atomic E-state index is 0.0497. The third-order valence-corrected chi connectivity index (χ3v) is 2.41. The van der Waals surface area contributed by atoms with Crippen molar-refractivity contribution in [3.8, 4) is 11.1 Å². The van der Waals surface area contributed by atoms with Gasteiger partial charge in [-0.25, -0.2) is 8.78 Å². The fourth-order valence-electron chi connectivity index (χ4n) is 1.33. The van der Waals surface area contributed by atoms with Crippen LogP contribution in [0.1, 0.15) is 0 Å². The minimum atomic E-state index is -0.602. The van der Waals surface area contributed by atoms with Gasteiger partial charge >= 0.3 is 0 Å². The van der Waals surface area contributed by atoms with Crippen LogP contribution >= 0.6 is 15.9 Å². The fourth-order valence-corrected chi connectivity index (χ4v) is 1.73. The molecule has 0 saturated carbocycles. The molecular formula is C11H6BrF2N. The maximum atomic E-state index is 13.5. The number of benzene rings is 1. The number of rotatable bonds is 1. The molecular weight excluding hydrogens is 264 g/mol. The molecule has 1 aromatic heterocycles. The molecule has 0 amide bonds. The number of hydrogen-bond acceptors (Lipinski definition) is 1. The van der Waals surface area contributed by atoms with E-state index in [-0.39, 0.29) is 5.56 Å². The maximum Gasteiger partial charge on any atom is 0.135 e. The quantitative estimate of drug-likeness (QED) is 0.768. The number of pyridine rings is 1. The van der Waals surface area contributed by atoms with Gasteiger partial charge in [-0.05, 0) is 18.2 Å². The molecule has 15 heavy (non-hydrogen) atoms. The summed E-state index contributed by atoms with van der Waals surface area (Å²) in [6.45, 7) is 0. The highest BCUT2D eigenvalue weighted by atomic mass is 79.9. The van der Waals surface area contributed by atoms with Crippen LogP contribution in [0.3, 0.4) is 0 Å². The molecule has 0 saturated heterocycles. The highest BCUT2D eigenvalue weighted by Crippen LogP contribution is 2.28. The van der Waals surface area contributed by atoms with Crippen LogP contribution in [0, 0.1) is 11.6 Å². The summed E-state index contributed by atoms with van der Waals surface area (Å²) in [7, 11) is 0. The van der Waals surface area contributed by atoms with E-state index >= 15 is 0 Å². The molecule has 76 valence electrons. The minimum Gasteiger partial charge on any atom is -0.264 e. The van der Waals surface area contributed by atoms with Gasteiger partial charge in [-0.1, -0.05) is 22.0 Å². The number of halogens is 3. The van der Waals surface area contributed by atoms with E-state index in [1.54, 1.807) is 18.3 Å². The van der Waals surface area contributed by atoms with E-state index in [1.807, 2.05) is 0 Å². The Morgan fingerprint density at radius 1 is 1.13 bits per heavy atom. The van der Waals surface area contributed by atoms with Crippen molar-refractivity contribution in [1.29, 1.82) is 0 Å². The van der Waals surface area contributed by atoms with Gasteiger partial charge in [-0.3, -0.25) is 4.98 Å². The zero-order valence-electron chi connectivity index (χ0n) is 7.55. The lowest BCUT2D eigenvalue weighted by atomic mass is 10.1. The smallest absolute Gasteiger partial charge is 0.135 e. The first-order chi connectivity index (χ1) is 7.18. The second kappa shape index (κ2) is 4.06. The summed E-state index contributed by atoms with van der Waals surface area (Å²) >= 11 is 3.02. The van der Waals surface area contributed by atoms with Gasteiger partial charge in [0.1, 0.15) is 11.6 Å². The number of hydrogen-bond donors (Lipinski definition) is 0. The monoisotopic (exact) mass is 269 g/mol. The lowest BCUT2D eigenvalue weighted by Crippen LogP contribution is -1.90. The fraction of sp³-hybridized carbons (Fsp3) is 0. The molecule has 1 aromatic carbocycles. The van der Waals surface area contributed by atoms with Crippen LogP contribution in [0.5, 0.6) is 0 Å². The Morgan fingerprint density at radius 2 is 1.80 bits per heavy atom. The van der Waals surface area contributed by atoms with E-state index in [1.165, 1.54) is 18.3 Å². The highest BCUT2D eigenvalue weighted by Gasteiger charge is 2.12. The molecule has 0 radical (unpaired) electrons. The van der Waals surface area contributed by atoms with Gasteiger partial charge in [0.05, 0.1) is 5.56 Å². The number of aromatic nitrogens is 1. The average molecular weight is 270 g/mol. The average Bonchev–Trinajstić information content (AvgIpc) is 2.17. The second-order valence-corrected chi connectivity index (χ2v) is 3.90. The zero-order chi connectivity index (χ0) is 10.8. The molecule has 2 rings (SSSR count). The topological polar surface area (TPSA) is 12.9 Å². The Balaban J connectivity index is 2.64. The highest BCUT2D eigenvalue weighted by molar-refractivity contribution is 9.10. The summed E-state index contributed by atoms with van der Waals surface area (Å²) in [5.41, 5.74) is 0.381. The predicted molar refractivity (Wildman–Crippen MR) is 57.3 cm³/mol. The van der Waals surface area contributed by atoms with Crippen molar-refractivity contribution in [2.75, 3.05) is 0 Å². The van der Waals surface area contributed by atoms with Crippen molar-refractivity contribution in [3.05, 3.63) is 52.8 Å². The van der Waals surface area contributed by atoms with Crippen LogP contribution < -0.4 is 0 Å². The maximum absolute atomic E-state index is 13.5. The van der Waals surface area contributed by atoms with Crippen molar-refractivity contribution in [3.63, 3.8) is 0 Å². The van der Waals surface area contributed by atoms with Crippen LogP contribution in [-0.4, -0.2) is 4.98 Å². The van der Waals surface area contributed by atoms with Crippen molar-refractivity contribution in [2.45, 2.75) is 0 Å². The molecule has 0 N–H and O–H groups in total. The molecule has 0 aliphatic heterocycles. The van der Waals surface area contributed by atoms with Crippen LogP contribution in [0.15, 0.2) is 41.1 Å². The first kappa shape index (κ1) is 10.2. The zero-order valence-corrected chi connectivity index (χ0v) is 9.13. The van der Waals surface area contributed by atoms with Crippen molar-refractivity contribution in [1.82, 2.24) is 4.98 Å². The Kier molecular flexibility index (Phi) is 2.77. The first-order valence-electron chi connectivity index (χ1n) is 4.23. The van der Waals surface area contributed by atoms with Crippen molar-refractivity contribution in [2.24, 2.45) is 0 Å². The van der Waals surface area contributed by atoms with E-state index in [2.05, 4.69) is 20.9 Å². The first-order valence-corrected chi connectivity index (χ1v) is 5.03. The van der Waals surface area contributed by atoms with Crippen molar-refractivity contribution >= 4 is 15.9 Å². The largest absolute Gasteiger partial charge is 0.264 e. The molecule has 0 fully saturated rings. The normalized spacial score (nSPS) is 10.3. The van der Waals surface area contributed by atoms with Crippen LogP contribution in [-0.2, 0) is 0 Å². The third kappa shape index (κ3) is 2.04. The van der Waals surface area contributed by atoms with Gasteiger partial charge in [-0.2, -0.15) is 0 Å². The Hall–Kier alpha value is -1.29. The van der Waals surface area contributed by atoms with Gasteiger partial charge in [0.2, 0.25) is 0 Å². The lowest BCUT2D eigenvalue weighted by molar-refractivity contribution is 0.588. The molecule has 0 atom stereocenters. The summed E-state index contributed by atoms with van der Waals surface area (Å²) in [4.78, 5) is 3.82. The predicted octanol–water partition coefficient (Wildman–Crippen LogP) is 3.79. The molecule has 0 bridgehead atoms. The van der Waals surface area contributed by atoms with Gasteiger partial charge in [0.25, 0.3) is 0 Å². The molecule has 0 spiro atoms. The molecule has 0 unspecified atom stereocenters. The third-order valence-electron chi connectivity index (χ3n) is 1.96. The molecule has 1 heterocycles. The summed E-state index contributed by atoms with van der Waals surface area (Å²) < 4.78 is 27.4. The van der Waals surface area contributed by atoms with E-state index in [0.717, 1.165) is 0 Å². The van der Waals surface area contributed by atoms with E-state index < -0.39 is 11.6 Å². The van der Waals surface area contributed by atoms with Crippen LogP contribution in [0.4, 0.5) is 8.78 Å². The van der Waals surface area contributed by atoms with Gasteiger partial charge < -0.3 is 0 Å². The standard InChI is InChI=1S/C11H6BrF2N/c12-8-4-9(13)11(10(14)5-8)7-2-1-3-15-6-7/h1-6H. The molecule has 0 aliphatic carbocycles. The Bertz CT molecular complexity index is 462. The van der Waals surface area contributed by atoms with Crippen LogP contribution in [0.2, 0.25) is 0 Å². The molecule has 4 heteroatoms. The van der Waals surface area contributed by atoms with Gasteiger partial charge in [0, 0.05) is 22.4 Å². The molecule has 0 aliphatic rings. The number of nitrogens with zero attached hydrogens (tertiary/aromatic N) is 1. The summed E-state index contributed by atoms with van der Waals surface area (Å²) in [6.07, 6.45) is 2.98. The Labute approximate surface area is 93.9 Å². The van der Waals surface area contributed by atoms with Gasteiger partial charge in [0.15, 0.2) is 0 Å². The Morgan fingerprint density at radius 3 is 2.33 bits per heavy atom. The summed E-state index contributed by atoms with van der Waals surface area (Å²) in [5, 5.41) is 0. The van der Waals surface area contributed by atoms with Crippen LogP contribution in [0.25, 0.3) is 11.1 Å².